The molecule has 0 spiro atoms. The maximum Gasteiger partial charge on any atom is 0.306 e. The van der Waals surface area contributed by atoms with Crippen molar-refractivity contribution in [3.05, 3.63) is 34.9 Å². The maximum absolute atomic E-state index is 10.9. The molecule has 0 bridgehead atoms. The Morgan fingerprint density at radius 1 is 1.31 bits per heavy atom. The molecule has 16 heavy (non-hydrogen) atoms. The summed E-state index contributed by atoms with van der Waals surface area (Å²) in [6.45, 7) is 5.66. The summed E-state index contributed by atoms with van der Waals surface area (Å²) in [5.41, 5.74) is 3.88. The Hall–Kier alpha value is -1.35. The van der Waals surface area contributed by atoms with Crippen LogP contribution in [0.3, 0.4) is 0 Å². The predicted octanol–water partition coefficient (Wildman–Crippen LogP) is 1.96. The third-order valence-electron chi connectivity index (χ3n) is 2.68. The van der Waals surface area contributed by atoms with E-state index in [2.05, 4.69) is 42.1 Å². The summed E-state index contributed by atoms with van der Waals surface area (Å²) in [6, 6.07) is 6.26. The second kappa shape index (κ2) is 6.28. The van der Waals surface area contributed by atoms with Crippen molar-refractivity contribution in [1.82, 2.24) is 5.32 Å². The molecule has 3 heteroatoms. The molecule has 0 aromatic heterocycles. The number of hydrogen-bond donors (Lipinski definition) is 1. The molecule has 0 unspecified atom stereocenters. The number of hydrogen-bond acceptors (Lipinski definition) is 3. The zero-order valence-electron chi connectivity index (χ0n) is 10.2. The van der Waals surface area contributed by atoms with Gasteiger partial charge < -0.3 is 10.1 Å². The van der Waals surface area contributed by atoms with E-state index in [0.717, 1.165) is 6.54 Å². The minimum atomic E-state index is -0.172. The van der Waals surface area contributed by atoms with Gasteiger partial charge in [0.25, 0.3) is 0 Å². The molecule has 0 aliphatic rings. The van der Waals surface area contributed by atoms with Gasteiger partial charge in [-0.25, -0.2) is 0 Å². The molecule has 3 nitrogen and oxygen atoms in total. The maximum atomic E-state index is 10.9. The second-order valence-electron chi connectivity index (χ2n) is 3.87. The number of carbonyl (C=O) groups excluding carboxylic acids is 1. The van der Waals surface area contributed by atoms with Gasteiger partial charge in [0.1, 0.15) is 0 Å². The summed E-state index contributed by atoms with van der Waals surface area (Å²) in [5.74, 6) is -0.172. The van der Waals surface area contributed by atoms with Crippen molar-refractivity contribution in [1.29, 1.82) is 0 Å². The fraction of sp³-hybridized carbons (Fsp3) is 0.462. The van der Waals surface area contributed by atoms with Gasteiger partial charge in [-0.15, -0.1) is 0 Å². The van der Waals surface area contributed by atoms with Gasteiger partial charge in [-0.2, -0.15) is 0 Å². The van der Waals surface area contributed by atoms with Crippen molar-refractivity contribution in [3.63, 3.8) is 0 Å². The number of carbonyl (C=O) groups is 1. The van der Waals surface area contributed by atoms with Crippen LogP contribution in [-0.2, 0) is 16.1 Å². The fourth-order valence-corrected chi connectivity index (χ4v) is 1.63. The summed E-state index contributed by atoms with van der Waals surface area (Å²) in [7, 11) is 1.41. The molecule has 1 N–H and O–H groups in total. The van der Waals surface area contributed by atoms with Crippen LogP contribution in [0.5, 0.6) is 0 Å². The zero-order chi connectivity index (χ0) is 12.0. The van der Waals surface area contributed by atoms with Crippen LogP contribution in [0.2, 0.25) is 0 Å². The monoisotopic (exact) mass is 221 g/mol. The number of nitrogens with one attached hydrogen (secondary N) is 1. The average molecular weight is 221 g/mol. The number of esters is 1. The minimum Gasteiger partial charge on any atom is -0.469 e. The third-order valence-corrected chi connectivity index (χ3v) is 2.68. The Kier molecular flexibility index (Phi) is 4.99. The molecular weight excluding hydrogens is 202 g/mol. The van der Waals surface area contributed by atoms with Crippen molar-refractivity contribution in [2.45, 2.75) is 26.8 Å². The summed E-state index contributed by atoms with van der Waals surface area (Å²) in [5, 5.41) is 3.25. The van der Waals surface area contributed by atoms with Gasteiger partial charge in [0, 0.05) is 13.1 Å². The normalized spacial score (nSPS) is 10.2. The van der Waals surface area contributed by atoms with Crippen LogP contribution in [0.15, 0.2) is 18.2 Å². The molecule has 0 aliphatic carbocycles. The van der Waals surface area contributed by atoms with E-state index in [1.807, 2.05) is 0 Å². The second-order valence-corrected chi connectivity index (χ2v) is 3.87. The van der Waals surface area contributed by atoms with Gasteiger partial charge in [-0.3, -0.25) is 4.79 Å². The Morgan fingerprint density at radius 2 is 1.94 bits per heavy atom. The molecule has 0 amide bonds. The first kappa shape index (κ1) is 12.7. The summed E-state index contributed by atoms with van der Waals surface area (Å²) in [4.78, 5) is 10.9. The Balaban J connectivity index is 2.40. The van der Waals surface area contributed by atoms with Crippen LogP contribution < -0.4 is 5.32 Å². The molecular formula is C13H19NO2. The number of methoxy groups -OCH3 is 1. The minimum absolute atomic E-state index is 0.172. The third kappa shape index (κ3) is 3.66. The summed E-state index contributed by atoms with van der Waals surface area (Å²) in [6.07, 6.45) is 0.418. The molecule has 0 saturated carbocycles. The molecule has 1 aromatic rings. The van der Waals surface area contributed by atoms with E-state index in [1.165, 1.54) is 23.8 Å². The molecule has 88 valence electrons. The lowest BCUT2D eigenvalue weighted by Crippen LogP contribution is -2.19. The van der Waals surface area contributed by atoms with E-state index in [1.54, 1.807) is 0 Å². The molecule has 1 aromatic carbocycles. The van der Waals surface area contributed by atoms with Crippen molar-refractivity contribution in [2.75, 3.05) is 13.7 Å². The van der Waals surface area contributed by atoms with E-state index in [9.17, 15) is 4.79 Å². The highest BCUT2D eigenvalue weighted by Gasteiger charge is 2.02. The van der Waals surface area contributed by atoms with Gasteiger partial charge in [0.05, 0.1) is 13.5 Å². The number of aryl methyl sites for hydroxylation is 2. The van der Waals surface area contributed by atoms with Gasteiger partial charge in [0.2, 0.25) is 0 Å². The quantitative estimate of drug-likeness (QED) is 0.610. The van der Waals surface area contributed by atoms with Crippen LogP contribution in [0, 0.1) is 13.8 Å². The molecule has 0 fully saturated rings. The molecule has 0 saturated heterocycles. The zero-order valence-corrected chi connectivity index (χ0v) is 10.2. The summed E-state index contributed by atoms with van der Waals surface area (Å²) < 4.78 is 4.57. The average Bonchev–Trinajstić information content (AvgIpc) is 2.27. The van der Waals surface area contributed by atoms with Gasteiger partial charge in [0.15, 0.2) is 0 Å². The topological polar surface area (TPSA) is 38.3 Å². The Labute approximate surface area is 96.8 Å². The standard InChI is InChI=1S/C13H19NO2/c1-10-5-4-6-11(2)12(10)9-14-8-7-13(15)16-3/h4-6,14H,7-9H2,1-3H3. The van der Waals surface area contributed by atoms with Crippen molar-refractivity contribution < 1.29 is 9.53 Å². The van der Waals surface area contributed by atoms with Crippen LogP contribution in [0.25, 0.3) is 0 Å². The Bertz CT molecular complexity index is 341. The van der Waals surface area contributed by atoms with Crippen LogP contribution in [0.4, 0.5) is 0 Å². The lowest BCUT2D eigenvalue weighted by atomic mass is 10.0. The molecule has 0 aliphatic heterocycles. The van der Waals surface area contributed by atoms with Crippen molar-refractivity contribution in [3.8, 4) is 0 Å². The number of benzene rings is 1. The van der Waals surface area contributed by atoms with Gasteiger partial charge in [-0.1, -0.05) is 18.2 Å². The van der Waals surface area contributed by atoms with E-state index in [0.29, 0.717) is 13.0 Å². The SMILES string of the molecule is COC(=O)CCNCc1c(C)cccc1C. The lowest BCUT2D eigenvalue weighted by molar-refractivity contribution is -0.140. The molecule has 0 heterocycles. The molecule has 1 rings (SSSR count). The smallest absolute Gasteiger partial charge is 0.306 e. The fourth-order valence-electron chi connectivity index (χ4n) is 1.63. The number of ether oxygens (including phenoxy) is 1. The molecule has 0 radical (unpaired) electrons. The highest BCUT2D eigenvalue weighted by molar-refractivity contribution is 5.69. The highest BCUT2D eigenvalue weighted by atomic mass is 16.5. The van der Waals surface area contributed by atoms with Gasteiger partial charge >= 0.3 is 5.97 Å². The Morgan fingerprint density at radius 3 is 2.50 bits per heavy atom. The van der Waals surface area contributed by atoms with E-state index in [-0.39, 0.29) is 5.97 Å². The van der Waals surface area contributed by atoms with Crippen LogP contribution in [-0.4, -0.2) is 19.6 Å². The first-order chi connectivity index (χ1) is 7.65. The lowest BCUT2D eigenvalue weighted by Gasteiger charge is -2.10. The van der Waals surface area contributed by atoms with Crippen LogP contribution >= 0.6 is 0 Å². The predicted molar refractivity (Wildman–Crippen MR) is 64.3 cm³/mol. The largest absolute Gasteiger partial charge is 0.469 e. The first-order valence-electron chi connectivity index (χ1n) is 5.47. The first-order valence-corrected chi connectivity index (χ1v) is 5.47. The molecule has 0 atom stereocenters. The van der Waals surface area contributed by atoms with E-state index >= 15 is 0 Å². The summed E-state index contributed by atoms with van der Waals surface area (Å²) >= 11 is 0. The van der Waals surface area contributed by atoms with Gasteiger partial charge in [-0.05, 0) is 30.5 Å². The highest BCUT2D eigenvalue weighted by Crippen LogP contribution is 2.12. The number of rotatable bonds is 5. The van der Waals surface area contributed by atoms with E-state index in [4.69, 9.17) is 0 Å². The van der Waals surface area contributed by atoms with Crippen LogP contribution in [0.1, 0.15) is 23.1 Å². The van der Waals surface area contributed by atoms with Crippen molar-refractivity contribution >= 4 is 5.97 Å². The van der Waals surface area contributed by atoms with Crippen molar-refractivity contribution in [2.24, 2.45) is 0 Å². The van der Waals surface area contributed by atoms with E-state index < -0.39 is 0 Å².